The van der Waals surface area contributed by atoms with Crippen LogP contribution < -0.4 is 0 Å². The fraction of sp³-hybridized carbons (Fsp3) is 0.133. The molecule has 2 N–H and O–H groups in total. The molecule has 3 heteroatoms. The Hall–Kier alpha value is -2.29. The van der Waals surface area contributed by atoms with Gasteiger partial charge in [0.2, 0.25) is 0 Å². The predicted octanol–water partition coefficient (Wildman–Crippen LogP) is 3.05. The lowest BCUT2D eigenvalue weighted by Gasteiger charge is -1.97. The average molecular weight is 238 g/mol. The Labute approximate surface area is 105 Å². The first-order valence-corrected chi connectivity index (χ1v) is 6.03. The molecule has 18 heavy (non-hydrogen) atoms. The Kier molecular flexibility index (Phi) is 2.73. The molecule has 0 unspecified atom stereocenters. The van der Waals surface area contributed by atoms with Gasteiger partial charge < -0.3 is 10.1 Å². The second-order valence-electron chi connectivity index (χ2n) is 4.37. The van der Waals surface area contributed by atoms with Gasteiger partial charge in [0, 0.05) is 12.5 Å². The Morgan fingerprint density at radius 1 is 1.00 bits per heavy atom. The summed E-state index contributed by atoms with van der Waals surface area (Å²) in [6, 6.07) is 15.5. The van der Waals surface area contributed by atoms with Crippen LogP contribution in [0.2, 0.25) is 0 Å². The summed E-state index contributed by atoms with van der Waals surface area (Å²) in [6.45, 7) is 0. The van der Waals surface area contributed by atoms with Crippen LogP contribution in [0.25, 0.3) is 11.0 Å². The van der Waals surface area contributed by atoms with Gasteiger partial charge in [-0.2, -0.15) is 0 Å². The Morgan fingerprint density at radius 2 is 1.83 bits per heavy atom. The summed E-state index contributed by atoms with van der Waals surface area (Å²) in [5.41, 5.74) is 3.09. The van der Waals surface area contributed by atoms with Crippen molar-refractivity contribution in [2.45, 2.75) is 12.8 Å². The number of phenolic OH excluding ortho intramolecular Hbond substituents is 1. The number of aromatic amines is 1. The van der Waals surface area contributed by atoms with Crippen LogP contribution in [0.3, 0.4) is 0 Å². The Bertz CT molecular complexity index is 659. The van der Waals surface area contributed by atoms with Crippen molar-refractivity contribution < 1.29 is 5.11 Å². The molecule has 3 nitrogen and oxygen atoms in total. The number of phenols is 1. The number of hydrogen-bond acceptors (Lipinski definition) is 2. The third-order valence-electron chi connectivity index (χ3n) is 3.01. The molecule has 0 aliphatic heterocycles. The van der Waals surface area contributed by atoms with Crippen molar-refractivity contribution >= 4 is 11.0 Å². The van der Waals surface area contributed by atoms with Gasteiger partial charge in [0.15, 0.2) is 0 Å². The van der Waals surface area contributed by atoms with Gasteiger partial charge in [-0.25, -0.2) is 4.98 Å². The lowest BCUT2D eigenvalue weighted by Crippen LogP contribution is -1.92. The zero-order valence-corrected chi connectivity index (χ0v) is 9.93. The topological polar surface area (TPSA) is 48.9 Å². The largest absolute Gasteiger partial charge is 0.508 e. The van der Waals surface area contributed by atoms with E-state index in [0.717, 1.165) is 29.7 Å². The van der Waals surface area contributed by atoms with Gasteiger partial charge in [0.1, 0.15) is 11.6 Å². The number of aromatic hydroxyl groups is 1. The number of aryl methyl sites for hydroxylation is 2. The van der Waals surface area contributed by atoms with E-state index >= 15 is 0 Å². The smallest absolute Gasteiger partial charge is 0.117 e. The molecule has 0 amide bonds. The quantitative estimate of drug-likeness (QED) is 0.736. The van der Waals surface area contributed by atoms with Gasteiger partial charge in [0.05, 0.1) is 11.0 Å². The van der Waals surface area contributed by atoms with E-state index in [-0.39, 0.29) is 5.75 Å². The van der Waals surface area contributed by atoms with E-state index < -0.39 is 0 Å². The highest BCUT2D eigenvalue weighted by atomic mass is 16.3. The summed E-state index contributed by atoms with van der Waals surface area (Å²) in [7, 11) is 0. The first kappa shape index (κ1) is 10.8. The average Bonchev–Trinajstić information content (AvgIpc) is 2.79. The van der Waals surface area contributed by atoms with Gasteiger partial charge in [-0.05, 0) is 24.1 Å². The lowest BCUT2D eigenvalue weighted by atomic mass is 10.1. The zero-order chi connectivity index (χ0) is 12.4. The third kappa shape index (κ3) is 2.20. The number of imidazole rings is 1. The number of nitrogens with zero attached hydrogens (tertiary/aromatic N) is 1. The van der Waals surface area contributed by atoms with Crippen molar-refractivity contribution in [2.75, 3.05) is 0 Å². The summed E-state index contributed by atoms with van der Waals surface area (Å²) in [5.74, 6) is 1.22. The summed E-state index contributed by atoms with van der Waals surface area (Å²) < 4.78 is 0. The fourth-order valence-electron chi connectivity index (χ4n) is 2.08. The highest BCUT2D eigenvalue weighted by Gasteiger charge is 2.03. The molecule has 1 aromatic heterocycles. The van der Waals surface area contributed by atoms with Crippen LogP contribution in [0.4, 0.5) is 0 Å². The van der Waals surface area contributed by atoms with E-state index in [4.69, 9.17) is 0 Å². The highest BCUT2D eigenvalue weighted by Crippen LogP contribution is 2.18. The molecule has 0 fully saturated rings. The predicted molar refractivity (Wildman–Crippen MR) is 71.6 cm³/mol. The molecule has 0 bridgehead atoms. The van der Waals surface area contributed by atoms with Crippen molar-refractivity contribution in [3.8, 4) is 5.75 Å². The van der Waals surface area contributed by atoms with E-state index in [1.54, 1.807) is 12.1 Å². The van der Waals surface area contributed by atoms with Crippen molar-refractivity contribution in [2.24, 2.45) is 0 Å². The maximum atomic E-state index is 9.40. The van der Waals surface area contributed by atoms with Gasteiger partial charge in [-0.1, -0.05) is 30.3 Å². The number of rotatable bonds is 3. The highest BCUT2D eigenvalue weighted by molar-refractivity contribution is 5.76. The second-order valence-corrected chi connectivity index (χ2v) is 4.37. The summed E-state index contributed by atoms with van der Waals surface area (Å²) in [6.07, 6.45) is 1.84. The number of aromatic nitrogens is 2. The van der Waals surface area contributed by atoms with Crippen LogP contribution >= 0.6 is 0 Å². The summed E-state index contributed by atoms with van der Waals surface area (Å²) >= 11 is 0. The van der Waals surface area contributed by atoms with Gasteiger partial charge in [-0.15, -0.1) is 0 Å². The molecule has 0 radical (unpaired) electrons. The maximum Gasteiger partial charge on any atom is 0.117 e. The van der Waals surface area contributed by atoms with E-state index in [9.17, 15) is 5.11 Å². The van der Waals surface area contributed by atoms with Gasteiger partial charge >= 0.3 is 0 Å². The molecule has 0 aliphatic carbocycles. The molecule has 0 saturated heterocycles. The molecular weight excluding hydrogens is 224 g/mol. The molecule has 0 atom stereocenters. The van der Waals surface area contributed by atoms with Crippen molar-refractivity contribution in [1.82, 2.24) is 9.97 Å². The number of nitrogens with one attached hydrogen (secondary N) is 1. The number of hydrogen-bond donors (Lipinski definition) is 2. The second kappa shape index (κ2) is 4.53. The molecule has 2 aromatic carbocycles. The molecular formula is C15H14N2O. The Morgan fingerprint density at radius 3 is 2.67 bits per heavy atom. The summed E-state index contributed by atoms with van der Waals surface area (Å²) in [5, 5.41) is 9.40. The van der Waals surface area contributed by atoms with Crippen molar-refractivity contribution in [3.05, 3.63) is 59.9 Å². The molecule has 3 rings (SSSR count). The SMILES string of the molecule is Oc1ccc2nc(CCc3ccccc3)[nH]c2c1. The molecule has 3 aromatic rings. The van der Waals surface area contributed by atoms with Crippen molar-refractivity contribution in [3.63, 3.8) is 0 Å². The normalized spacial score (nSPS) is 10.9. The van der Waals surface area contributed by atoms with Crippen molar-refractivity contribution in [1.29, 1.82) is 0 Å². The molecule has 0 spiro atoms. The minimum Gasteiger partial charge on any atom is -0.508 e. The van der Waals surface area contributed by atoms with Crippen LogP contribution in [0.5, 0.6) is 5.75 Å². The standard InChI is InChI=1S/C15H14N2O/c18-12-7-8-13-14(10-12)17-15(16-13)9-6-11-4-2-1-3-5-11/h1-5,7-8,10,18H,6,9H2,(H,16,17). The van der Waals surface area contributed by atoms with Crippen LogP contribution in [-0.4, -0.2) is 15.1 Å². The summed E-state index contributed by atoms with van der Waals surface area (Å²) in [4.78, 5) is 7.74. The van der Waals surface area contributed by atoms with Crippen LogP contribution in [-0.2, 0) is 12.8 Å². The minimum atomic E-state index is 0.265. The number of fused-ring (bicyclic) bond motifs is 1. The van der Waals surface area contributed by atoms with E-state index in [0.29, 0.717) is 0 Å². The maximum absolute atomic E-state index is 9.40. The van der Waals surface area contributed by atoms with Crippen LogP contribution in [0.15, 0.2) is 48.5 Å². The first-order chi connectivity index (χ1) is 8.81. The third-order valence-corrected chi connectivity index (χ3v) is 3.01. The molecule has 0 saturated carbocycles. The lowest BCUT2D eigenvalue weighted by molar-refractivity contribution is 0.476. The number of H-pyrrole nitrogens is 1. The Balaban J connectivity index is 1.79. The zero-order valence-electron chi connectivity index (χ0n) is 9.93. The van der Waals surface area contributed by atoms with Gasteiger partial charge in [-0.3, -0.25) is 0 Å². The van der Waals surface area contributed by atoms with Gasteiger partial charge in [0.25, 0.3) is 0 Å². The number of benzene rings is 2. The molecule has 0 aliphatic rings. The van der Waals surface area contributed by atoms with E-state index in [1.165, 1.54) is 5.56 Å². The fourth-order valence-corrected chi connectivity index (χ4v) is 2.08. The minimum absolute atomic E-state index is 0.265. The monoisotopic (exact) mass is 238 g/mol. The van der Waals surface area contributed by atoms with Crippen LogP contribution in [0.1, 0.15) is 11.4 Å². The molecule has 90 valence electrons. The first-order valence-electron chi connectivity index (χ1n) is 6.03. The van der Waals surface area contributed by atoms with E-state index in [1.807, 2.05) is 24.3 Å². The molecule has 1 heterocycles. The van der Waals surface area contributed by atoms with E-state index in [2.05, 4.69) is 22.1 Å². The van der Waals surface area contributed by atoms with Crippen LogP contribution in [0, 0.1) is 0 Å².